The molecule has 256 valence electrons. The quantitative estimate of drug-likeness (QED) is 0.180. The molecule has 3 nitrogen and oxygen atoms in total. The molecule has 1 aliphatic carbocycles. The summed E-state index contributed by atoms with van der Waals surface area (Å²) in [6.45, 7) is 4.68. The molecular formula is C51H35NO2. The van der Waals surface area contributed by atoms with Crippen LogP contribution >= 0.6 is 0 Å². The average molecular weight is 694 g/mol. The highest BCUT2D eigenvalue weighted by Crippen LogP contribution is 2.51. The van der Waals surface area contributed by atoms with Gasteiger partial charge in [0.2, 0.25) is 0 Å². The predicted molar refractivity (Wildman–Crippen MR) is 224 cm³/mol. The molecule has 8 aromatic carbocycles. The van der Waals surface area contributed by atoms with Crippen molar-refractivity contribution >= 4 is 60.9 Å². The van der Waals surface area contributed by atoms with Gasteiger partial charge in [-0.3, -0.25) is 0 Å². The normalized spacial score (nSPS) is 13.1. The summed E-state index contributed by atoms with van der Waals surface area (Å²) in [5, 5.41) is 4.51. The van der Waals surface area contributed by atoms with E-state index in [0.29, 0.717) is 0 Å². The minimum atomic E-state index is -0.118. The predicted octanol–water partition coefficient (Wildman–Crippen LogP) is 14.6. The summed E-state index contributed by atoms with van der Waals surface area (Å²) >= 11 is 0. The molecule has 3 heteroatoms. The number of furan rings is 2. The first-order chi connectivity index (χ1) is 26.5. The van der Waals surface area contributed by atoms with Crippen molar-refractivity contribution in [2.45, 2.75) is 19.3 Å². The number of nitrogens with zero attached hydrogens (tertiary/aromatic N) is 1. The summed E-state index contributed by atoms with van der Waals surface area (Å²) in [7, 11) is 0. The minimum Gasteiger partial charge on any atom is -0.456 e. The zero-order valence-corrected chi connectivity index (χ0v) is 30.0. The minimum absolute atomic E-state index is 0.118. The molecule has 0 amide bonds. The van der Waals surface area contributed by atoms with E-state index in [1.54, 1.807) is 0 Å². The number of fused-ring (bicyclic) bond motifs is 9. The standard InChI is InChI=1S/C51H35NO2/c1-51(2)45-19-8-5-14-38(45)39-28-26-34(30-46(39)51)52(35-27-29-42-40-15-6-9-20-47(40)53-49(42)31-35)33-24-22-32(23-25-33)36-12-3-4-13-37(36)43-17-11-18-44-41-16-7-10-21-48(41)54-50(43)44/h3-31H,1-2H3. The molecule has 1 aliphatic rings. The van der Waals surface area contributed by atoms with Gasteiger partial charge >= 0.3 is 0 Å². The van der Waals surface area contributed by atoms with Crippen molar-refractivity contribution in [2.75, 3.05) is 4.90 Å². The van der Waals surface area contributed by atoms with Crippen molar-refractivity contribution in [3.8, 4) is 33.4 Å². The summed E-state index contributed by atoms with van der Waals surface area (Å²) in [6.07, 6.45) is 0. The van der Waals surface area contributed by atoms with Crippen LogP contribution in [0.4, 0.5) is 17.1 Å². The van der Waals surface area contributed by atoms with E-state index in [4.69, 9.17) is 8.83 Å². The number of anilines is 3. The van der Waals surface area contributed by atoms with Crippen LogP contribution in [0.2, 0.25) is 0 Å². The molecule has 0 aliphatic heterocycles. The van der Waals surface area contributed by atoms with Crippen LogP contribution in [-0.4, -0.2) is 0 Å². The summed E-state index contributed by atoms with van der Waals surface area (Å²) in [4.78, 5) is 2.36. The molecule has 2 heterocycles. The van der Waals surface area contributed by atoms with Crippen LogP contribution in [0, 0.1) is 0 Å². The monoisotopic (exact) mass is 693 g/mol. The van der Waals surface area contributed by atoms with Crippen molar-refractivity contribution < 1.29 is 8.83 Å². The molecular weight excluding hydrogens is 659 g/mol. The van der Waals surface area contributed by atoms with Gasteiger partial charge in [-0.05, 0) is 87.5 Å². The highest BCUT2D eigenvalue weighted by Gasteiger charge is 2.35. The first-order valence-corrected chi connectivity index (χ1v) is 18.6. The molecule has 10 aromatic rings. The molecule has 0 fully saturated rings. The van der Waals surface area contributed by atoms with Crippen LogP contribution in [0.3, 0.4) is 0 Å². The zero-order chi connectivity index (χ0) is 36.0. The number of benzene rings is 8. The molecule has 2 aromatic heterocycles. The van der Waals surface area contributed by atoms with Crippen molar-refractivity contribution in [2.24, 2.45) is 0 Å². The Hall–Kier alpha value is -6.84. The van der Waals surface area contributed by atoms with Gasteiger partial charge in [-0.15, -0.1) is 0 Å². The van der Waals surface area contributed by atoms with E-state index in [1.165, 1.54) is 22.3 Å². The molecule has 0 saturated heterocycles. The second kappa shape index (κ2) is 11.6. The Balaban J connectivity index is 1.05. The topological polar surface area (TPSA) is 29.5 Å². The van der Waals surface area contributed by atoms with Gasteiger partial charge in [0, 0.05) is 55.7 Å². The fourth-order valence-electron chi connectivity index (χ4n) is 8.85. The smallest absolute Gasteiger partial charge is 0.143 e. The summed E-state index contributed by atoms with van der Waals surface area (Å²) in [6, 6.07) is 62.9. The fourth-order valence-corrected chi connectivity index (χ4v) is 8.85. The second-order valence-corrected chi connectivity index (χ2v) is 14.9. The number of hydrogen-bond donors (Lipinski definition) is 0. The third kappa shape index (κ3) is 4.55. The molecule has 0 saturated carbocycles. The maximum Gasteiger partial charge on any atom is 0.143 e. The molecule has 54 heavy (non-hydrogen) atoms. The fraction of sp³-hybridized carbons (Fsp3) is 0.0588. The molecule has 0 N–H and O–H groups in total. The first-order valence-electron chi connectivity index (χ1n) is 18.6. The van der Waals surface area contributed by atoms with Crippen molar-refractivity contribution in [1.82, 2.24) is 0 Å². The number of rotatable bonds is 5. The summed E-state index contributed by atoms with van der Waals surface area (Å²) in [5.41, 5.74) is 16.5. The Morgan fingerprint density at radius 1 is 0.370 bits per heavy atom. The van der Waals surface area contributed by atoms with E-state index in [9.17, 15) is 0 Å². The second-order valence-electron chi connectivity index (χ2n) is 14.9. The van der Waals surface area contributed by atoms with Crippen molar-refractivity contribution in [1.29, 1.82) is 0 Å². The van der Waals surface area contributed by atoms with Crippen molar-refractivity contribution in [3.63, 3.8) is 0 Å². The maximum absolute atomic E-state index is 6.48. The zero-order valence-electron chi connectivity index (χ0n) is 30.0. The van der Waals surface area contributed by atoms with Crippen LogP contribution < -0.4 is 4.90 Å². The average Bonchev–Trinajstić information content (AvgIpc) is 3.86. The molecule has 0 spiro atoms. The summed E-state index contributed by atoms with van der Waals surface area (Å²) < 4.78 is 12.9. The molecule has 0 bridgehead atoms. The van der Waals surface area contributed by atoms with Gasteiger partial charge in [-0.2, -0.15) is 0 Å². The first kappa shape index (κ1) is 30.8. The SMILES string of the molecule is CC1(C)c2ccccc2-c2ccc(N(c3ccc(-c4ccccc4-c4cccc5c4oc4ccccc45)cc3)c3ccc4c(c3)oc3ccccc34)cc21. The van der Waals surface area contributed by atoms with Gasteiger partial charge in [-0.1, -0.05) is 135 Å². The molecule has 0 radical (unpaired) electrons. The Kier molecular flexibility index (Phi) is 6.60. The maximum atomic E-state index is 6.48. The van der Waals surface area contributed by atoms with Gasteiger partial charge in [0.25, 0.3) is 0 Å². The van der Waals surface area contributed by atoms with E-state index in [-0.39, 0.29) is 5.41 Å². The Bertz CT molecular complexity index is 3090. The van der Waals surface area contributed by atoms with E-state index in [1.807, 2.05) is 24.3 Å². The van der Waals surface area contributed by atoms with Crippen LogP contribution in [0.1, 0.15) is 25.0 Å². The summed E-state index contributed by atoms with van der Waals surface area (Å²) in [5.74, 6) is 0. The third-order valence-corrected chi connectivity index (χ3v) is 11.5. The van der Waals surface area contributed by atoms with E-state index >= 15 is 0 Å². The van der Waals surface area contributed by atoms with Crippen LogP contribution in [0.25, 0.3) is 77.3 Å². The highest BCUT2D eigenvalue weighted by atomic mass is 16.3. The van der Waals surface area contributed by atoms with Gasteiger partial charge in [0.1, 0.15) is 22.3 Å². The lowest BCUT2D eigenvalue weighted by Crippen LogP contribution is -2.16. The Labute approximate surface area is 313 Å². The molecule has 11 rings (SSSR count). The van der Waals surface area contributed by atoms with Gasteiger partial charge < -0.3 is 13.7 Å². The lowest BCUT2D eigenvalue weighted by atomic mass is 9.82. The largest absolute Gasteiger partial charge is 0.456 e. The number of hydrogen-bond acceptors (Lipinski definition) is 3. The van der Waals surface area contributed by atoms with Gasteiger partial charge in [-0.25, -0.2) is 0 Å². The van der Waals surface area contributed by atoms with Crippen molar-refractivity contribution in [3.05, 3.63) is 187 Å². The van der Waals surface area contributed by atoms with Crippen LogP contribution in [0.5, 0.6) is 0 Å². The Morgan fingerprint density at radius 2 is 0.926 bits per heavy atom. The van der Waals surface area contributed by atoms with Gasteiger partial charge in [0.05, 0.1) is 0 Å². The van der Waals surface area contributed by atoms with Gasteiger partial charge in [0.15, 0.2) is 0 Å². The highest BCUT2D eigenvalue weighted by molar-refractivity contribution is 6.11. The van der Waals surface area contributed by atoms with E-state index < -0.39 is 0 Å². The lowest BCUT2D eigenvalue weighted by molar-refractivity contribution is 0.660. The molecule has 0 atom stereocenters. The van der Waals surface area contributed by atoms with Crippen LogP contribution in [0.15, 0.2) is 185 Å². The lowest BCUT2D eigenvalue weighted by Gasteiger charge is -2.28. The molecule has 0 unspecified atom stereocenters. The third-order valence-electron chi connectivity index (χ3n) is 11.5. The van der Waals surface area contributed by atoms with E-state index in [0.717, 1.165) is 83.2 Å². The Morgan fingerprint density at radius 3 is 1.74 bits per heavy atom. The number of para-hydroxylation sites is 3. The van der Waals surface area contributed by atoms with Crippen LogP contribution in [-0.2, 0) is 5.41 Å². The van der Waals surface area contributed by atoms with E-state index in [2.05, 4.69) is 170 Å².